The number of fused-ring (bicyclic) bond motifs is 1. The molecule has 3 aromatic rings. The largest absolute Gasteiger partial charge is 0.334 e. The second-order valence-electron chi connectivity index (χ2n) is 6.67. The van der Waals surface area contributed by atoms with Gasteiger partial charge in [0.1, 0.15) is 0 Å². The summed E-state index contributed by atoms with van der Waals surface area (Å²) in [6, 6.07) is 17.7. The standard InChI is InChI=1S/C22H24N4O/c1-25(2)14-15-26(17-18-8-4-3-5-9-18)22(27)13-12-19-16-23-20-10-6-7-11-21(20)24-19/h3-13,16H,14-15,17H2,1-2H3/b13-12+. The van der Waals surface area contributed by atoms with Gasteiger partial charge in [-0.15, -0.1) is 0 Å². The van der Waals surface area contributed by atoms with E-state index >= 15 is 0 Å². The number of aromatic nitrogens is 2. The number of benzene rings is 2. The van der Waals surface area contributed by atoms with E-state index in [-0.39, 0.29) is 5.91 Å². The highest BCUT2D eigenvalue weighted by atomic mass is 16.2. The van der Waals surface area contributed by atoms with Crippen LogP contribution in [0.2, 0.25) is 0 Å². The van der Waals surface area contributed by atoms with E-state index in [0.29, 0.717) is 18.8 Å². The predicted molar refractivity (Wildman–Crippen MR) is 109 cm³/mol. The number of carbonyl (C=O) groups is 1. The first-order valence-corrected chi connectivity index (χ1v) is 8.99. The van der Waals surface area contributed by atoms with Gasteiger partial charge in [-0.1, -0.05) is 42.5 Å². The highest BCUT2D eigenvalue weighted by Gasteiger charge is 2.12. The van der Waals surface area contributed by atoms with Crippen molar-refractivity contribution in [3.63, 3.8) is 0 Å². The first-order chi connectivity index (χ1) is 13.1. The second kappa shape index (κ2) is 9.05. The van der Waals surface area contributed by atoms with E-state index in [1.165, 1.54) is 0 Å². The molecule has 1 heterocycles. The Morgan fingerprint density at radius 3 is 2.41 bits per heavy atom. The summed E-state index contributed by atoms with van der Waals surface area (Å²) in [5, 5.41) is 0. The molecular weight excluding hydrogens is 336 g/mol. The van der Waals surface area contributed by atoms with Gasteiger partial charge in [-0.3, -0.25) is 9.78 Å². The maximum Gasteiger partial charge on any atom is 0.246 e. The minimum absolute atomic E-state index is 0.0318. The predicted octanol–water partition coefficient (Wildman–Crippen LogP) is 3.23. The van der Waals surface area contributed by atoms with Gasteiger partial charge in [-0.25, -0.2) is 4.98 Å². The Balaban J connectivity index is 1.74. The lowest BCUT2D eigenvalue weighted by Crippen LogP contribution is -2.35. The summed E-state index contributed by atoms with van der Waals surface area (Å²) in [6.45, 7) is 2.05. The van der Waals surface area contributed by atoms with Crippen molar-refractivity contribution >= 4 is 23.0 Å². The van der Waals surface area contributed by atoms with Crippen LogP contribution in [-0.4, -0.2) is 52.9 Å². The highest BCUT2D eigenvalue weighted by molar-refractivity contribution is 5.91. The minimum Gasteiger partial charge on any atom is -0.334 e. The van der Waals surface area contributed by atoms with Crippen LogP contribution in [0, 0.1) is 0 Å². The molecule has 1 amide bonds. The molecule has 0 spiro atoms. The summed E-state index contributed by atoms with van der Waals surface area (Å²) < 4.78 is 0. The highest BCUT2D eigenvalue weighted by Crippen LogP contribution is 2.10. The van der Waals surface area contributed by atoms with Gasteiger partial charge >= 0.3 is 0 Å². The Bertz CT molecular complexity index is 922. The third kappa shape index (κ3) is 5.46. The summed E-state index contributed by atoms with van der Waals surface area (Å²) in [7, 11) is 4.01. The molecule has 0 saturated carbocycles. The number of hydrogen-bond acceptors (Lipinski definition) is 4. The van der Waals surface area contributed by atoms with E-state index in [4.69, 9.17) is 0 Å². The maximum atomic E-state index is 12.8. The summed E-state index contributed by atoms with van der Waals surface area (Å²) in [5.41, 5.74) is 3.45. The molecule has 0 radical (unpaired) electrons. The molecule has 0 N–H and O–H groups in total. The molecule has 1 aromatic heterocycles. The molecule has 0 atom stereocenters. The molecule has 0 unspecified atom stereocenters. The van der Waals surface area contributed by atoms with E-state index in [9.17, 15) is 4.79 Å². The van der Waals surface area contributed by atoms with E-state index < -0.39 is 0 Å². The molecule has 0 aliphatic heterocycles. The SMILES string of the molecule is CN(C)CCN(Cc1ccccc1)C(=O)/C=C/c1cnc2ccccc2n1. The zero-order valence-corrected chi connectivity index (χ0v) is 15.7. The van der Waals surface area contributed by atoms with E-state index in [1.54, 1.807) is 18.3 Å². The number of para-hydroxylation sites is 2. The van der Waals surface area contributed by atoms with Crippen molar-refractivity contribution in [2.24, 2.45) is 0 Å². The summed E-state index contributed by atoms with van der Waals surface area (Å²) in [5.74, 6) is -0.0318. The maximum absolute atomic E-state index is 12.8. The zero-order valence-electron chi connectivity index (χ0n) is 15.7. The summed E-state index contributed by atoms with van der Waals surface area (Å²) in [4.78, 5) is 25.6. The minimum atomic E-state index is -0.0318. The van der Waals surface area contributed by atoms with E-state index in [2.05, 4.69) is 14.9 Å². The van der Waals surface area contributed by atoms with Crippen LogP contribution in [0.4, 0.5) is 0 Å². The third-order valence-corrected chi connectivity index (χ3v) is 4.21. The molecule has 0 aliphatic carbocycles. The van der Waals surface area contributed by atoms with Gasteiger partial charge in [0, 0.05) is 25.7 Å². The average molecular weight is 360 g/mol. The monoisotopic (exact) mass is 360 g/mol. The van der Waals surface area contributed by atoms with Gasteiger partial charge in [0.2, 0.25) is 5.91 Å². The lowest BCUT2D eigenvalue weighted by molar-refractivity contribution is -0.126. The molecule has 138 valence electrons. The molecule has 2 aromatic carbocycles. The number of carbonyl (C=O) groups excluding carboxylic acids is 1. The topological polar surface area (TPSA) is 49.3 Å². The fourth-order valence-corrected chi connectivity index (χ4v) is 2.71. The van der Waals surface area contributed by atoms with Crippen LogP contribution in [0.25, 0.3) is 17.1 Å². The van der Waals surface area contributed by atoms with Crippen LogP contribution in [-0.2, 0) is 11.3 Å². The first-order valence-electron chi connectivity index (χ1n) is 8.99. The summed E-state index contributed by atoms with van der Waals surface area (Å²) >= 11 is 0. The fourth-order valence-electron chi connectivity index (χ4n) is 2.71. The van der Waals surface area contributed by atoms with Crippen LogP contribution >= 0.6 is 0 Å². The summed E-state index contributed by atoms with van der Waals surface area (Å²) in [6.07, 6.45) is 5.00. The first kappa shape index (κ1) is 18.7. The van der Waals surface area contributed by atoms with E-state index in [0.717, 1.165) is 23.1 Å². The van der Waals surface area contributed by atoms with Crippen molar-refractivity contribution in [2.75, 3.05) is 27.2 Å². The molecule has 27 heavy (non-hydrogen) atoms. The Morgan fingerprint density at radius 1 is 0.963 bits per heavy atom. The second-order valence-corrected chi connectivity index (χ2v) is 6.67. The molecule has 0 fully saturated rings. The van der Waals surface area contributed by atoms with Gasteiger partial charge in [0.15, 0.2) is 0 Å². The number of rotatable bonds is 7. The normalized spacial score (nSPS) is 11.4. The van der Waals surface area contributed by atoms with Gasteiger partial charge < -0.3 is 9.80 Å². The smallest absolute Gasteiger partial charge is 0.246 e. The number of amides is 1. The van der Waals surface area contributed by atoms with Crippen LogP contribution in [0.15, 0.2) is 66.9 Å². The Labute approximate surface area is 160 Å². The Hall–Kier alpha value is -3.05. The number of likely N-dealkylation sites (N-methyl/N-ethyl adjacent to an activating group) is 1. The molecule has 0 saturated heterocycles. The van der Waals surface area contributed by atoms with Crippen molar-refractivity contribution in [3.8, 4) is 0 Å². The third-order valence-electron chi connectivity index (χ3n) is 4.21. The molecule has 0 aliphatic rings. The number of nitrogens with zero attached hydrogens (tertiary/aromatic N) is 4. The van der Waals surface area contributed by atoms with Gasteiger partial charge in [0.25, 0.3) is 0 Å². The van der Waals surface area contributed by atoms with Crippen molar-refractivity contribution in [2.45, 2.75) is 6.54 Å². The van der Waals surface area contributed by atoms with Crippen molar-refractivity contribution in [3.05, 3.63) is 78.1 Å². The van der Waals surface area contributed by atoms with Crippen LogP contribution in [0.5, 0.6) is 0 Å². The van der Waals surface area contributed by atoms with Crippen LogP contribution in [0.1, 0.15) is 11.3 Å². The number of hydrogen-bond donors (Lipinski definition) is 0. The Kier molecular flexibility index (Phi) is 6.28. The molecule has 3 rings (SSSR count). The van der Waals surface area contributed by atoms with Crippen molar-refractivity contribution in [1.82, 2.24) is 19.8 Å². The van der Waals surface area contributed by atoms with Crippen LogP contribution < -0.4 is 0 Å². The molecule has 5 nitrogen and oxygen atoms in total. The average Bonchev–Trinajstić information content (AvgIpc) is 2.69. The van der Waals surface area contributed by atoms with Gasteiger partial charge in [-0.05, 0) is 37.9 Å². The lowest BCUT2D eigenvalue weighted by Gasteiger charge is -2.23. The zero-order chi connectivity index (χ0) is 19.1. The van der Waals surface area contributed by atoms with E-state index in [1.807, 2.05) is 73.6 Å². The Morgan fingerprint density at radius 2 is 1.67 bits per heavy atom. The molecule has 0 bridgehead atoms. The van der Waals surface area contributed by atoms with Crippen molar-refractivity contribution < 1.29 is 4.79 Å². The molecule has 5 heteroatoms. The van der Waals surface area contributed by atoms with Crippen LogP contribution in [0.3, 0.4) is 0 Å². The van der Waals surface area contributed by atoms with Crippen molar-refractivity contribution in [1.29, 1.82) is 0 Å². The lowest BCUT2D eigenvalue weighted by atomic mass is 10.2. The molecular formula is C22H24N4O. The van der Waals surface area contributed by atoms with Gasteiger partial charge in [0.05, 0.1) is 22.9 Å². The quantitative estimate of drug-likeness (QED) is 0.607. The fraction of sp³-hybridized carbons (Fsp3) is 0.227. The van der Waals surface area contributed by atoms with Gasteiger partial charge in [-0.2, -0.15) is 0 Å².